The minimum absolute atomic E-state index is 0.130. The van der Waals surface area contributed by atoms with Crippen LogP contribution in [0.2, 0.25) is 0 Å². The van der Waals surface area contributed by atoms with Gasteiger partial charge in [0.2, 0.25) is 0 Å². The zero-order valence-electron chi connectivity index (χ0n) is 11.2. The summed E-state index contributed by atoms with van der Waals surface area (Å²) in [6.07, 6.45) is 3.89. The monoisotopic (exact) mass is 251 g/mol. The fourth-order valence-electron chi connectivity index (χ4n) is 2.45. The Morgan fingerprint density at radius 3 is 2.58 bits per heavy atom. The number of rotatable bonds is 3. The second-order valence-electron chi connectivity index (χ2n) is 4.79. The molecule has 0 aliphatic carbocycles. The van der Waals surface area contributed by atoms with E-state index in [-0.39, 0.29) is 6.04 Å². The van der Waals surface area contributed by atoms with E-state index in [0.717, 1.165) is 5.69 Å². The Morgan fingerprint density at radius 2 is 1.89 bits per heavy atom. The summed E-state index contributed by atoms with van der Waals surface area (Å²) in [4.78, 5) is 4.44. The first-order chi connectivity index (χ1) is 9.28. The van der Waals surface area contributed by atoms with Gasteiger partial charge in [0.15, 0.2) is 0 Å². The van der Waals surface area contributed by atoms with Gasteiger partial charge in [0.25, 0.3) is 0 Å². The highest BCUT2D eigenvalue weighted by Gasteiger charge is 2.14. The second-order valence-corrected chi connectivity index (χ2v) is 4.79. The maximum atomic E-state index is 4.44. The molecule has 96 valence electrons. The summed E-state index contributed by atoms with van der Waals surface area (Å²) in [6.45, 7) is 0. The summed E-state index contributed by atoms with van der Waals surface area (Å²) in [5, 5.41) is 5.86. The third-order valence-electron chi connectivity index (χ3n) is 3.42. The quantitative estimate of drug-likeness (QED) is 0.775. The van der Waals surface area contributed by atoms with Gasteiger partial charge in [0, 0.05) is 13.2 Å². The molecule has 1 aromatic heterocycles. The molecule has 3 rings (SSSR count). The maximum absolute atomic E-state index is 4.44. The first-order valence-electron chi connectivity index (χ1n) is 6.42. The number of fused-ring (bicyclic) bond motifs is 1. The number of aryl methyl sites for hydroxylation is 1. The van der Waals surface area contributed by atoms with E-state index >= 15 is 0 Å². The highest BCUT2D eigenvalue weighted by Crippen LogP contribution is 2.24. The van der Waals surface area contributed by atoms with Crippen LogP contribution in [-0.4, -0.2) is 16.6 Å². The van der Waals surface area contributed by atoms with Crippen LogP contribution in [0.15, 0.2) is 55.0 Å². The Labute approximate surface area is 112 Å². The molecule has 0 bridgehead atoms. The van der Waals surface area contributed by atoms with Crippen molar-refractivity contribution in [2.75, 3.05) is 7.05 Å². The molecule has 1 N–H and O–H groups in total. The largest absolute Gasteiger partial charge is 0.340 e. The standard InChI is InChI=1S/C16H17N3/c1-17-16(15-10-19(2)11-18-15)14-8-7-12-5-3-4-6-13(12)9-14/h3-11,16-17H,1-2H3. The van der Waals surface area contributed by atoms with E-state index in [1.165, 1.54) is 16.3 Å². The molecular weight excluding hydrogens is 234 g/mol. The van der Waals surface area contributed by atoms with Crippen molar-refractivity contribution in [2.24, 2.45) is 7.05 Å². The molecule has 1 atom stereocenters. The molecule has 1 unspecified atom stereocenters. The Kier molecular flexibility index (Phi) is 3.05. The fraction of sp³-hybridized carbons (Fsp3) is 0.188. The minimum Gasteiger partial charge on any atom is -0.340 e. The molecule has 19 heavy (non-hydrogen) atoms. The molecule has 1 heterocycles. The van der Waals surface area contributed by atoms with E-state index < -0.39 is 0 Å². The van der Waals surface area contributed by atoms with Crippen molar-refractivity contribution in [2.45, 2.75) is 6.04 Å². The van der Waals surface area contributed by atoms with E-state index in [2.05, 4.69) is 59.0 Å². The highest BCUT2D eigenvalue weighted by molar-refractivity contribution is 5.83. The van der Waals surface area contributed by atoms with Crippen molar-refractivity contribution in [3.63, 3.8) is 0 Å². The molecule has 0 saturated carbocycles. The Balaban J connectivity index is 2.06. The van der Waals surface area contributed by atoms with Crippen LogP contribution in [0.5, 0.6) is 0 Å². The molecular formula is C16H17N3. The first kappa shape index (κ1) is 11.9. The van der Waals surface area contributed by atoms with Crippen LogP contribution >= 0.6 is 0 Å². The molecule has 3 aromatic rings. The number of aromatic nitrogens is 2. The van der Waals surface area contributed by atoms with Gasteiger partial charge in [0.05, 0.1) is 18.1 Å². The predicted molar refractivity (Wildman–Crippen MR) is 78.1 cm³/mol. The van der Waals surface area contributed by atoms with Gasteiger partial charge in [-0.1, -0.05) is 36.4 Å². The zero-order valence-corrected chi connectivity index (χ0v) is 11.2. The molecule has 0 saturated heterocycles. The van der Waals surface area contributed by atoms with Gasteiger partial charge in [-0.3, -0.25) is 0 Å². The number of benzene rings is 2. The van der Waals surface area contributed by atoms with Crippen molar-refractivity contribution >= 4 is 10.8 Å². The maximum Gasteiger partial charge on any atom is 0.0947 e. The Hall–Kier alpha value is -2.13. The summed E-state index contributed by atoms with van der Waals surface area (Å²) < 4.78 is 1.97. The minimum atomic E-state index is 0.130. The lowest BCUT2D eigenvalue weighted by Crippen LogP contribution is -2.18. The van der Waals surface area contributed by atoms with E-state index in [0.29, 0.717) is 0 Å². The van der Waals surface area contributed by atoms with Crippen molar-refractivity contribution in [3.8, 4) is 0 Å². The van der Waals surface area contributed by atoms with Crippen LogP contribution < -0.4 is 5.32 Å². The highest BCUT2D eigenvalue weighted by atomic mass is 15.0. The zero-order chi connectivity index (χ0) is 13.2. The molecule has 3 nitrogen and oxygen atoms in total. The molecule has 0 amide bonds. The third kappa shape index (κ3) is 2.25. The van der Waals surface area contributed by atoms with Gasteiger partial charge in [0.1, 0.15) is 0 Å². The molecule has 0 fully saturated rings. The summed E-state index contributed by atoms with van der Waals surface area (Å²) in [5.74, 6) is 0. The average Bonchev–Trinajstić information content (AvgIpc) is 2.86. The van der Waals surface area contributed by atoms with Gasteiger partial charge in [-0.05, 0) is 29.4 Å². The number of imidazole rings is 1. The lowest BCUT2D eigenvalue weighted by Gasteiger charge is -2.15. The van der Waals surface area contributed by atoms with Crippen molar-refractivity contribution < 1.29 is 0 Å². The summed E-state index contributed by atoms with van der Waals surface area (Å²) in [6, 6.07) is 15.1. The first-order valence-corrected chi connectivity index (χ1v) is 6.42. The van der Waals surface area contributed by atoms with Gasteiger partial charge < -0.3 is 9.88 Å². The molecule has 3 heteroatoms. The van der Waals surface area contributed by atoms with Crippen molar-refractivity contribution in [1.29, 1.82) is 0 Å². The van der Waals surface area contributed by atoms with E-state index in [4.69, 9.17) is 0 Å². The van der Waals surface area contributed by atoms with Gasteiger partial charge in [-0.25, -0.2) is 4.98 Å². The number of nitrogens with one attached hydrogen (secondary N) is 1. The number of hydrogen-bond acceptors (Lipinski definition) is 2. The van der Waals surface area contributed by atoms with Crippen LogP contribution in [0.3, 0.4) is 0 Å². The lowest BCUT2D eigenvalue weighted by atomic mass is 10.0. The van der Waals surface area contributed by atoms with Crippen molar-refractivity contribution in [3.05, 3.63) is 66.2 Å². The van der Waals surface area contributed by atoms with E-state index in [1.54, 1.807) is 0 Å². The lowest BCUT2D eigenvalue weighted by molar-refractivity contribution is 0.675. The second kappa shape index (κ2) is 4.86. The molecule has 2 aromatic carbocycles. The van der Waals surface area contributed by atoms with E-state index in [1.807, 2.05) is 25.0 Å². The van der Waals surface area contributed by atoms with Crippen LogP contribution in [-0.2, 0) is 7.05 Å². The van der Waals surface area contributed by atoms with Crippen LogP contribution in [0, 0.1) is 0 Å². The number of nitrogens with zero attached hydrogens (tertiary/aromatic N) is 2. The van der Waals surface area contributed by atoms with Gasteiger partial charge >= 0.3 is 0 Å². The molecule has 0 aliphatic rings. The SMILES string of the molecule is CNC(c1ccc2ccccc2c1)c1cn(C)cn1. The normalized spacial score (nSPS) is 12.7. The van der Waals surface area contributed by atoms with E-state index in [9.17, 15) is 0 Å². The Bertz CT molecular complexity index is 700. The molecule has 0 aliphatic heterocycles. The molecule has 0 spiro atoms. The summed E-state index contributed by atoms with van der Waals surface area (Å²) >= 11 is 0. The molecule has 0 radical (unpaired) electrons. The third-order valence-corrected chi connectivity index (χ3v) is 3.42. The van der Waals surface area contributed by atoms with Gasteiger partial charge in [-0.2, -0.15) is 0 Å². The van der Waals surface area contributed by atoms with Crippen LogP contribution in [0.1, 0.15) is 17.3 Å². The fourth-order valence-corrected chi connectivity index (χ4v) is 2.45. The predicted octanol–water partition coefficient (Wildman–Crippen LogP) is 2.88. The van der Waals surface area contributed by atoms with Crippen LogP contribution in [0.4, 0.5) is 0 Å². The van der Waals surface area contributed by atoms with Crippen LogP contribution in [0.25, 0.3) is 10.8 Å². The topological polar surface area (TPSA) is 29.9 Å². The summed E-state index contributed by atoms with van der Waals surface area (Å²) in [5.41, 5.74) is 2.28. The summed E-state index contributed by atoms with van der Waals surface area (Å²) in [7, 11) is 3.96. The van der Waals surface area contributed by atoms with Crippen molar-refractivity contribution in [1.82, 2.24) is 14.9 Å². The average molecular weight is 251 g/mol. The Morgan fingerprint density at radius 1 is 1.11 bits per heavy atom. The number of hydrogen-bond donors (Lipinski definition) is 1. The smallest absolute Gasteiger partial charge is 0.0947 e. The van der Waals surface area contributed by atoms with Gasteiger partial charge in [-0.15, -0.1) is 0 Å².